The number of sulfone groups is 1. The first kappa shape index (κ1) is 16.8. The minimum atomic E-state index is -4.03. The molecule has 1 aliphatic heterocycles. The Labute approximate surface area is 129 Å². The van der Waals surface area contributed by atoms with Gasteiger partial charge in [-0.2, -0.15) is 0 Å². The topological polar surface area (TPSA) is 107 Å². The first-order valence-corrected chi connectivity index (χ1v) is 9.87. The predicted molar refractivity (Wildman–Crippen MR) is 79.8 cm³/mol. The number of aryl methyl sites for hydroxylation is 1. The number of benzene rings is 1. The summed E-state index contributed by atoms with van der Waals surface area (Å²) < 4.78 is 54.1. The molecule has 7 nitrogen and oxygen atoms in total. The number of sulfonamides is 1. The van der Waals surface area contributed by atoms with E-state index in [2.05, 4.69) is 0 Å². The molecule has 9 heteroatoms. The lowest BCUT2D eigenvalue weighted by molar-refractivity contribution is -0.122. The van der Waals surface area contributed by atoms with Crippen molar-refractivity contribution < 1.29 is 26.4 Å². The second-order valence-electron chi connectivity index (χ2n) is 5.20. The van der Waals surface area contributed by atoms with Crippen molar-refractivity contribution in [2.45, 2.75) is 18.2 Å². The number of rotatable bonds is 4. The van der Waals surface area contributed by atoms with Gasteiger partial charge in [0.25, 0.3) is 10.0 Å². The molecule has 1 heterocycles. The van der Waals surface area contributed by atoms with Gasteiger partial charge in [0.1, 0.15) is 5.75 Å². The van der Waals surface area contributed by atoms with Gasteiger partial charge in [0.05, 0.1) is 29.4 Å². The first-order chi connectivity index (χ1) is 10.1. The average Bonchev–Trinajstić information content (AvgIpc) is 2.78. The first-order valence-electron chi connectivity index (χ1n) is 6.56. The van der Waals surface area contributed by atoms with Gasteiger partial charge < -0.3 is 4.74 Å². The van der Waals surface area contributed by atoms with Crippen LogP contribution in [0, 0.1) is 12.8 Å². The lowest BCUT2D eigenvalue weighted by Crippen LogP contribution is -2.36. The van der Waals surface area contributed by atoms with Crippen LogP contribution in [-0.2, 0) is 24.7 Å². The monoisotopic (exact) mass is 347 g/mol. The van der Waals surface area contributed by atoms with Gasteiger partial charge in [-0.3, -0.25) is 4.79 Å². The van der Waals surface area contributed by atoms with E-state index in [0.29, 0.717) is 11.3 Å². The summed E-state index contributed by atoms with van der Waals surface area (Å²) in [6.07, 6.45) is 0.144. The molecule has 1 atom stereocenters. The van der Waals surface area contributed by atoms with Crippen molar-refractivity contribution in [1.82, 2.24) is 4.72 Å². The van der Waals surface area contributed by atoms with Gasteiger partial charge in [0.15, 0.2) is 9.84 Å². The van der Waals surface area contributed by atoms with Crippen LogP contribution in [0.2, 0.25) is 0 Å². The zero-order valence-corrected chi connectivity index (χ0v) is 13.8. The van der Waals surface area contributed by atoms with Crippen LogP contribution >= 0.6 is 0 Å². The third-order valence-corrected chi connectivity index (χ3v) is 6.63. The fourth-order valence-corrected chi connectivity index (χ4v) is 5.16. The molecule has 2 rings (SSSR count). The Morgan fingerprint density at radius 2 is 2.05 bits per heavy atom. The van der Waals surface area contributed by atoms with E-state index in [1.807, 2.05) is 4.72 Å². The molecule has 1 aromatic rings. The molecular weight excluding hydrogens is 330 g/mol. The Morgan fingerprint density at radius 3 is 2.55 bits per heavy atom. The van der Waals surface area contributed by atoms with Crippen LogP contribution in [0.3, 0.4) is 0 Å². The second kappa shape index (κ2) is 5.88. The Morgan fingerprint density at radius 1 is 1.36 bits per heavy atom. The Hall–Kier alpha value is -1.61. The Balaban J connectivity index is 2.18. The second-order valence-corrected chi connectivity index (χ2v) is 9.11. The molecule has 1 N–H and O–H groups in total. The SMILES string of the molecule is COc1ccc(S(=O)(=O)NC(=O)[C@@H]2CCS(=O)(=O)C2)cc1C. The van der Waals surface area contributed by atoms with E-state index < -0.39 is 31.7 Å². The molecule has 22 heavy (non-hydrogen) atoms. The minimum absolute atomic E-state index is 0.0694. The van der Waals surface area contributed by atoms with Crippen molar-refractivity contribution in [3.8, 4) is 5.75 Å². The van der Waals surface area contributed by atoms with Gasteiger partial charge in [-0.05, 0) is 37.1 Å². The summed E-state index contributed by atoms with van der Waals surface area (Å²) in [5.41, 5.74) is 0.612. The number of methoxy groups -OCH3 is 1. The number of carbonyl (C=O) groups excluding carboxylic acids is 1. The number of amides is 1. The molecule has 1 aliphatic rings. The van der Waals surface area contributed by atoms with Crippen molar-refractivity contribution in [1.29, 1.82) is 0 Å². The largest absolute Gasteiger partial charge is 0.496 e. The summed E-state index contributed by atoms with van der Waals surface area (Å²) in [6.45, 7) is 1.68. The molecular formula is C13H17NO6S2. The highest BCUT2D eigenvalue weighted by Crippen LogP contribution is 2.23. The summed E-state index contributed by atoms with van der Waals surface area (Å²) in [4.78, 5) is 11.9. The highest BCUT2D eigenvalue weighted by Gasteiger charge is 2.34. The lowest BCUT2D eigenvalue weighted by Gasteiger charge is -2.12. The zero-order valence-electron chi connectivity index (χ0n) is 12.2. The molecule has 1 saturated heterocycles. The number of hydrogen-bond donors (Lipinski definition) is 1. The standard InChI is InChI=1S/C13H17NO6S2/c1-9-7-11(3-4-12(9)20-2)22(18,19)14-13(15)10-5-6-21(16,17)8-10/h3-4,7,10H,5-6,8H2,1-2H3,(H,14,15)/t10-/m1/s1. The number of hydrogen-bond acceptors (Lipinski definition) is 6. The summed E-state index contributed by atoms with van der Waals surface area (Å²) in [6, 6.07) is 4.21. The van der Waals surface area contributed by atoms with Crippen LogP contribution in [0.4, 0.5) is 0 Å². The fraction of sp³-hybridized carbons (Fsp3) is 0.462. The third kappa shape index (κ3) is 3.58. The molecule has 0 bridgehead atoms. The van der Waals surface area contributed by atoms with Crippen molar-refractivity contribution in [2.24, 2.45) is 5.92 Å². The van der Waals surface area contributed by atoms with Crippen LogP contribution in [0.25, 0.3) is 0 Å². The van der Waals surface area contributed by atoms with Gasteiger partial charge >= 0.3 is 0 Å². The van der Waals surface area contributed by atoms with Gasteiger partial charge in [0, 0.05) is 0 Å². The summed E-state index contributed by atoms with van der Waals surface area (Å²) >= 11 is 0. The van der Waals surface area contributed by atoms with E-state index in [4.69, 9.17) is 4.74 Å². The van der Waals surface area contributed by atoms with E-state index >= 15 is 0 Å². The van der Waals surface area contributed by atoms with Crippen LogP contribution in [0.1, 0.15) is 12.0 Å². The van der Waals surface area contributed by atoms with Gasteiger partial charge in [-0.1, -0.05) is 0 Å². The van der Waals surface area contributed by atoms with Crippen molar-refractivity contribution in [3.63, 3.8) is 0 Å². The molecule has 1 fully saturated rings. The van der Waals surface area contributed by atoms with Crippen molar-refractivity contribution in [3.05, 3.63) is 23.8 Å². The van der Waals surface area contributed by atoms with Crippen LogP contribution in [0.15, 0.2) is 23.1 Å². The highest BCUT2D eigenvalue weighted by molar-refractivity contribution is 7.91. The van der Waals surface area contributed by atoms with E-state index in [0.717, 1.165) is 0 Å². The summed E-state index contributed by atoms with van der Waals surface area (Å²) in [5.74, 6) is -1.47. The Kier molecular flexibility index (Phi) is 4.48. The number of ether oxygens (including phenoxy) is 1. The maximum Gasteiger partial charge on any atom is 0.264 e. The maximum atomic E-state index is 12.2. The van der Waals surface area contributed by atoms with Crippen LogP contribution in [-0.4, -0.2) is 41.4 Å². The quantitative estimate of drug-likeness (QED) is 0.836. The van der Waals surface area contributed by atoms with Crippen LogP contribution in [0.5, 0.6) is 5.75 Å². The lowest BCUT2D eigenvalue weighted by atomic mass is 10.1. The molecule has 0 unspecified atom stereocenters. The van der Waals surface area contributed by atoms with E-state index in [-0.39, 0.29) is 22.8 Å². The minimum Gasteiger partial charge on any atom is -0.496 e. The fourth-order valence-electron chi connectivity index (χ4n) is 2.29. The number of nitrogens with one attached hydrogen (secondary N) is 1. The smallest absolute Gasteiger partial charge is 0.264 e. The molecule has 0 aromatic heterocycles. The molecule has 122 valence electrons. The van der Waals surface area contributed by atoms with E-state index in [1.165, 1.54) is 25.3 Å². The summed E-state index contributed by atoms with van der Waals surface area (Å²) in [5, 5.41) is 0. The molecule has 1 amide bonds. The molecule has 0 saturated carbocycles. The van der Waals surface area contributed by atoms with Gasteiger partial charge in [-0.25, -0.2) is 21.6 Å². The molecule has 0 spiro atoms. The maximum absolute atomic E-state index is 12.2. The third-order valence-electron chi connectivity index (χ3n) is 3.51. The molecule has 0 radical (unpaired) electrons. The van der Waals surface area contributed by atoms with Crippen molar-refractivity contribution >= 4 is 25.8 Å². The Bertz CT molecular complexity index is 798. The summed E-state index contributed by atoms with van der Waals surface area (Å²) in [7, 11) is -5.81. The molecule has 1 aromatic carbocycles. The number of carbonyl (C=O) groups is 1. The highest BCUT2D eigenvalue weighted by atomic mass is 32.2. The normalized spacial score (nSPS) is 20.5. The van der Waals surface area contributed by atoms with E-state index in [1.54, 1.807) is 6.92 Å². The van der Waals surface area contributed by atoms with E-state index in [9.17, 15) is 21.6 Å². The predicted octanol–water partition coefficient (Wildman–Crippen LogP) is 0.243. The van der Waals surface area contributed by atoms with Crippen molar-refractivity contribution in [2.75, 3.05) is 18.6 Å². The van der Waals surface area contributed by atoms with Gasteiger partial charge in [0.2, 0.25) is 5.91 Å². The average molecular weight is 347 g/mol. The zero-order chi connectivity index (χ0) is 16.5. The van der Waals surface area contributed by atoms with Crippen LogP contribution < -0.4 is 9.46 Å². The molecule has 0 aliphatic carbocycles. The van der Waals surface area contributed by atoms with Gasteiger partial charge in [-0.15, -0.1) is 0 Å².